The van der Waals surface area contributed by atoms with Crippen molar-refractivity contribution < 1.29 is 28.8 Å². The van der Waals surface area contributed by atoms with Crippen molar-refractivity contribution in [3.05, 3.63) is 95.7 Å². The lowest BCUT2D eigenvalue weighted by atomic mass is 9.85. The van der Waals surface area contributed by atoms with Gasteiger partial charge in [-0.15, -0.1) is 0 Å². The van der Waals surface area contributed by atoms with E-state index in [1.807, 2.05) is 41.1 Å². The molecule has 0 spiro atoms. The first-order chi connectivity index (χ1) is 19.1. The summed E-state index contributed by atoms with van der Waals surface area (Å²) in [6.07, 6.45) is 6.00. The highest BCUT2D eigenvalue weighted by Crippen LogP contribution is 2.39. The van der Waals surface area contributed by atoms with Crippen molar-refractivity contribution in [1.29, 1.82) is 0 Å². The summed E-state index contributed by atoms with van der Waals surface area (Å²) in [6, 6.07) is 23.8. The Balaban J connectivity index is 1.10. The van der Waals surface area contributed by atoms with Gasteiger partial charge in [0.2, 0.25) is 5.52 Å². The van der Waals surface area contributed by atoms with Gasteiger partial charge in [0.25, 0.3) is 6.73 Å². The van der Waals surface area contributed by atoms with E-state index in [1.54, 1.807) is 24.1 Å². The topological polar surface area (TPSA) is 64.1 Å². The molecule has 3 aromatic carbocycles. The molecule has 1 fully saturated rings. The molecule has 1 unspecified atom stereocenters. The first kappa shape index (κ1) is 25.4. The number of rotatable bonds is 8. The second kappa shape index (κ2) is 11.1. The van der Waals surface area contributed by atoms with Gasteiger partial charge >= 0.3 is 0 Å². The molecule has 0 radical (unpaired) electrons. The number of likely N-dealkylation sites (tertiary alicyclic amines) is 1. The number of hydrogen-bond donors (Lipinski definition) is 2. The Morgan fingerprint density at radius 2 is 1.79 bits per heavy atom. The molecule has 2 heterocycles. The second-order valence-electron chi connectivity index (χ2n) is 11.0. The van der Waals surface area contributed by atoms with Crippen molar-refractivity contribution in [2.24, 2.45) is 11.8 Å². The number of aromatic nitrogens is 1. The van der Waals surface area contributed by atoms with Crippen molar-refractivity contribution in [1.82, 2.24) is 0 Å². The van der Waals surface area contributed by atoms with E-state index in [4.69, 9.17) is 9.47 Å². The van der Waals surface area contributed by atoms with Gasteiger partial charge in [0, 0.05) is 28.5 Å². The first-order valence-corrected chi connectivity index (χ1v) is 13.9. The standard InChI is InChI=1S/C33H34N2O4/c1-38-31-18-26-17-27(16-23-11-14-34(15-12-23)21-24-6-3-2-4-7-24)33(37)29(26)20-32(31)39-22-35-13-5-8-25-9-10-28(36)19-30(25)35/h2-10,13,18-20,23,27H,11-12,14-17,21-22H2,1H3/p+2. The van der Waals surface area contributed by atoms with Crippen molar-refractivity contribution >= 4 is 16.7 Å². The molecule has 1 saturated heterocycles. The molecule has 1 aromatic heterocycles. The first-order valence-electron chi connectivity index (χ1n) is 13.9. The van der Waals surface area contributed by atoms with Gasteiger partial charge in [-0.05, 0) is 67.5 Å². The van der Waals surface area contributed by atoms with Crippen molar-refractivity contribution in [3.63, 3.8) is 0 Å². The van der Waals surface area contributed by atoms with Gasteiger partial charge < -0.3 is 19.5 Å². The van der Waals surface area contributed by atoms with Gasteiger partial charge in [0.1, 0.15) is 12.3 Å². The van der Waals surface area contributed by atoms with Gasteiger partial charge in [-0.25, -0.2) is 0 Å². The summed E-state index contributed by atoms with van der Waals surface area (Å²) in [6.45, 7) is 3.66. The van der Waals surface area contributed by atoms with Crippen LogP contribution in [0.4, 0.5) is 0 Å². The Bertz CT molecular complexity index is 1480. The van der Waals surface area contributed by atoms with E-state index in [9.17, 15) is 9.90 Å². The van der Waals surface area contributed by atoms with Crippen LogP contribution in [0.1, 0.15) is 40.7 Å². The van der Waals surface area contributed by atoms with Gasteiger partial charge in [-0.3, -0.25) is 4.79 Å². The molecule has 1 aliphatic carbocycles. The molecule has 39 heavy (non-hydrogen) atoms. The smallest absolute Gasteiger partial charge is 0.292 e. The van der Waals surface area contributed by atoms with E-state index in [2.05, 4.69) is 30.3 Å². The zero-order chi connectivity index (χ0) is 26.8. The highest BCUT2D eigenvalue weighted by atomic mass is 16.5. The lowest BCUT2D eigenvalue weighted by molar-refractivity contribution is -0.919. The molecular formula is C33H36N2O4+2. The van der Waals surface area contributed by atoms with Gasteiger partial charge in [0.05, 0.1) is 26.3 Å². The molecule has 0 saturated carbocycles. The van der Waals surface area contributed by atoms with Crippen molar-refractivity contribution in [3.8, 4) is 17.2 Å². The molecule has 2 aliphatic rings. The molecule has 0 bridgehead atoms. The summed E-state index contributed by atoms with van der Waals surface area (Å²) < 4.78 is 13.8. The zero-order valence-electron chi connectivity index (χ0n) is 22.4. The van der Waals surface area contributed by atoms with Crippen molar-refractivity contribution in [2.75, 3.05) is 20.2 Å². The van der Waals surface area contributed by atoms with Crippen LogP contribution in [0, 0.1) is 11.8 Å². The number of aromatic hydroxyl groups is 1. The largest absolute Gasteiger partial charge is 0.508 e. The quantitative estimate of drug-likeness (QED) is 0.341. The Kier molecular flexibility index (Phi) is 7.20. The fourth-order valence-electron chi connectivity index (χ4n) is 6.33. The number of nitrogens with zero attached hydrogens (tertiary/aromatic N) is 1. The molecule has 2 N–H and O–H groups in total. The number of benzene rings is 3. The Morgan fingerprint density at radius 3 is 2.59 bits per heavy atom. The van der Waals surface area contributed by atoms with E-state index >= 15 is 0 Å². The molecule has 200 valence electrons. The number of pyridine rings is 1. The Hall–Kier alpha value is -3.90. The number of quaternary nitrogens is 1. The lowest BCUT2D eigenvalue weighted by Gasteiger charge is -2.30. The maximum Gasteiger partial charge on any atom is 0.292 e. The predicted octanol–water partition coefficient (Wildman–Crippen LogP) is 4.12. The van der Waals surface area contributed by atoms with Crippen LogP contribution in [-0.2, 0) is 19.7 Å². The maximum absolute atomic E-state index is 13.5. The van der Waals surface area contributed by atoms with Crippen LogP contribution < -0.4 is 18.9 Å². The summed E-state index contributed by atoms with van der Waals surface area (Å²) in [4.78, 5) is 15.1. The van der Waals surface area contributed by atoms with Crippen LogP contribution >= 0.6 is 0 Å². The van der Waals surface area contributed by atoms with Gasteiger partial charge in [-0.1, -0.05) is 30.3 Å². The Labute approximate surface area is 229 Å². The van der Waals surface area contributed by atoms with Crippen molar-refractivity contribution in [2.45, 2.75) is 39.0 Å². The number of phenolic OH excluding ortho intramolecular Hbond substituents is 1. The molecule has 1 atom stereocenters. The lowest BCUT2D eigenvalue weighted by Crippen LogP contribution is -3.11. The fraction of sp³-hybridized carbons (Fsp3) is 0.333. The Morgan fingerprint density at radius 1 is 0.974 bits per heavy atom. The normalized spacial score (nSPS) is 20.6. The molecule has 1 aliphatic heterocycles. The van der Waals surface area contributed by atoms with Crippen LogP contribution in [0.15, 0.2) is 79.0 Å². The van der Waals surface area contributed by atoms with E-state index in [1.165, 1.54) is 31.5 Å². The maximum atomic E-state index is 13.5. The number of nitrogens with one attached hydrogen (secondary N) is 1. The summed E-state index contributed by atoms with van der Waals surface area (Å²) >= 11 is 0. The minimum atomic E-state index is 0.0380. The molecule has 6 rings (SSSR count). The summed E-state index contributed by atoms with van der Waals surface area (Å²) in [5, 5.41) is 11.0. The minimum absolute atomic E-state index is 0.0380. The van der Waals surface area contributed by atoms with Crippen LogP contribution in [0.25, 0.3) is 10.9 Å². The number of piperidine rings is 1. The second-order valence-corrected chi connectivity index (χ2v) is 11.0. The predicted molar refractivity (Wildman–Crippen MR) is 149 cm³/mol. The third-order valence-electron chi connectivity index (χ3n) is 8.44. The average molecular weight is 525 g/mol. The number of phenols is 1. The molecule has 6 nitrogen and oxygen atoms in total. The third-order valence-corrected chi connectivity index (χ3v) is 8.44. The molecular weight excluding hydrogens is 488 g/mol. The molecule has 6 heteroatoms. The van der Waals surface area contributed by atoms with E-state index < -0.39 is 0 Å². The summed E-state index contributed by atoms with van der Waals surface area (Å²) in [7, 11) is 1.64. The monoisotopic (exact) mass is 524 g/mol. The fourth-order valence-corrected chi connectivity index (χ4v) is 6.33. The highest BCUT2D eigenvalue weighted by Gasteiger charge is 2.35. The number of hydrogen-bond acceptors (Lipinski definition) is 4. The highest BCUT2D eigenvalue weighted by molar-refractivity contribution is 6.02. The minimum Gasteiger partial charge on any atom is -0.508 e. The SMILES string of the molecule is COc1cc2c(cc1OC[n+]1cccc3ccc(O)cc31)C(=O)C(CC1CC[NH+](Cc3ccccc3)CC1)C2. The zero-order valence-corrected chi connectivity index (χ0v) is 22.4. The molecule has 0 amide bonds. The van der Waals surface area contributed by atoms with Gasteiger partial charge in [-0.2, -0.15) is 4.57 Å². The summed E-state index contributed by atoms with van der Waals surface area (Å²) in [5.74, 6) is 2.29. The number of ether oxygens (including phenoxy) is 2. The number of fused-ring (bicyclic) bond motifs is 2. The third kappa shape index (κ3) is 5.48. The van der Waals surface area contributed by atoms with Crippen LogP contribution in [0.5, 0.6) is 17.2 Å². The number of carbonyl (C=O) groups is 1. The number of carbonyl (C=O) groups excluding carboxylic acids is 1. The average Bonchev–Trinajstić information content (AvgIpc) is 3.26. The summed E-state index contributed by atoms with van der Waals surface area (Å²) in [5.41, 5.74) is 4.09. The van der Waals surface area contributed by atoms with Gasteiger partial charge in [0.15, 0.2) is 23.5 Å². The van der Waals surface area contributed by atoms with E-state index in [-0.39, 0.29) is 24.2 Å². The number of ketones is 1. The van der Waals surface area contributed by atoms with Crippen LogP contribution in [0.3, 0.4) is 0 Å². The number of methoxy groups -OCH3 is 1. The molecule has 4 aromatic rings. The number of Topliss-reactive ketones (excluding diaryl/α,β-unsaturated/α-hetero) is 1. The van der Waals surface area contributed by atoms with E-state index in [0.717, 1.165) is 41.4 Å². The van der Waals surface area contributed by atoms with Crippen LogP contribution in [0.2, 0.25) is 0 Å². The van der Waals surface area contributed by atoms with Crippen LogP contribution in [-0.4, -0.2) is 31.1 Å². The van der Waals surface area contributed by atoms with E-state index in [0.29, 0.717) is 17.4 Å².